The highest BCUT2D eigenvalue weighted by Gasteiger charge is 2.20. The van der Waals surface area contributed by atoms with Crippen molar-refractivity contribution in [2.45, 2.75) is 32.5 Å². The zero-order valence-electron chi connectivity index (χ0n) is 7.51. The van der Waals surface area contributed by atoms with Crippen LogP contribution >= 0.6 is 0 Å². The molecule has 1 fully saturated rings. The number of nitrogens with one attached hydrogen (secondary N) is 1. The molecule has 0 aromatic heterocycles. The Labute approximate surface area is 68.9 Å². The monoisotopic (exact) mass is 157 g/mol. The van der Waals surface area contributed by atoms with Crippen molar-refractivity contribution in [3.8, 4) is 0 Å². The molecule has 1 heterocycles. The zero-order valence-corrected chi connectivity index (χ0v) is 7.51. The minimum atomic E-state index is 0.197. The molecule has 0 bridgehead atoms. The van der Waals surface area contributed by atoms with Crippen LogP contribution in [-0.2, 0) is 0 Å². The molecular formula is C8H19N3. The molecule has 2 atom stereocenters. The molecule has 0 aromatic rings. The Bertz CT molecular complexity index is 116. The van der Waals surface area contributed by atoms with Crippen LogP contribution in [0.5, 0.6) is 0 Å². The van der Waals surface area contributed by atoms with Gasteiger partial charge in [-0.2, -0.15) is 0 Å². The van der Waals surface area contributed by atoms with Gasteiger partial charge in [-0.3, -0.25) is 4.90 Å². The average molecular weight is 157 g/mol. The fraction of sp³-hybridized carbons (Fsp3) is 1.00. The van der Waals surface area contributed by atoms with Crippen LogP contribution in [0.25, 0.3) is 0 Å². The molecule has 1 aliphatic heterocycles. The lowest BCUT2D eigenvalue weighted by atomic mass is 10.2. The summed E-state index contributed by atoms with van der Waals surface area (Å²) in [7, 11) is 0. The highest BCUT2D eigenvalue weighted by Crippen LogP contribution is 2.03. The smallest absolute Gasteiger partial charge is 0.0727 e. The van der Waals surface area contributed by atoms with E-state index in [0.29, 0.717) is 6.04 Å². The van der Waals surface area contributed by atoms with E-state index in [-0.39, 0.29) is 6.17 Å². The van der Waals surface area contributed by atoms with Crippen molar-refractivity contribution in [3.05, 3.63) is 0 Å². The third kappa shape index (κ3) is 2.15. The standard InChI is InChI=1S/C8H19N3/c1-3-11-6-4-5-10-7(2)8(11)9/h7-8,10H,3-6,9H2,1-2H3. The Kier molecular flexibility index (Phi) is 3.30. The molecule has 0 aliphatic carbocycles. The molecule has 0 spiro atoms. The summed E-state index contributed by atoms with van der Waals surface area (Å²) in [4.78, 5) is 2.32. The van der Waals surface area contributed by atoms with Gasteiger partial charge in [-0.05, 0) is 26.4 Å². The van der Waals surface area contributed by atoms with Gasteiger partial charge >= 0.3 is 0 Å². The summed E-state index contributed by atoms with van der Waals surface area (Å²) in [6.07, 6.45) is 1.41. The Balaban J connectivity index is 2.49. The van der Waals surface area contributed by atoms with Crippen LogP contribution in [-0.4, -0.2) is 36.7 Å². The molecule has 3 nitrogen and oxygen atoms in total. The number of nitrogens with zero attached hydrogens (tertiary/aromatic N) is 1. The van der Waals surface area contributed by atoms with E-state index in [2.05, 4.69) is 24.1 Å². The van der Waals surface area contributed by atoms with E-state index < -0.39 is 0 Å². The van der Waals surface area contributed by atoms with E-state index in [1.165, 1.54) is 6.42 Å². The van der Waals surface area contributed by atoms with E-state index >= 15 is 0 Å². The normalized spacial score (nSPS) is 35.2. The van der Waals surface area contributed by atoms with Gasteiger partial charge in [0.05, 0.1) is 6.17 Å². The van der Waals surface area contributed by atoms with Crippen LogP contribution in [0.4, 0.5) is 0 Å². The Morgan fingerprint density at radius 2 is 2.36 bits per heavy atom. The third-order valence-electron chi connectivity index (χ3n) is 2.43. The average Bonchev–Trinajstić information content (AvgIpc) is 2.16. The molecule has 1 rings (SSSR count). The van der Waals surface area contributed by atoms with Crippen molar-refractivity contribution in [2.24, 2.45) is 5.73 Å². The Hall–Kier alpha value is -0.120. The number of rotatable bonds is 1. The first-order valence-electron chi connectivity index (χ1n) is 4.48. The van der Waals surface area contributed by atoms with Crippen LogP contribution in [0.1, 0.15) is 20.3 Å². The lowest BCUT2D eigenvalue weighted by Gasteiger charge is -2.28. The highest BCUT2D eigenvalue weighted by atomic mass is 15.3. The maximum atomic E-state index is 6.00. The topological polar surface area (TPSA) is 41.3 Å². The molecule has 0 aromatic carbocycles. The Morgan fingerprint density at radius 1 is 1.64 bits per heavy atom. The van der Waals surface area contributed by atoms with Crippen LogP contribution in [0, 0.1) is 0 Å². The quantitative estimate of drug-likeness (QED) is 0.562. The summed E-state index contributed by atoms with van der Waals surface area (Å²) < 4.78 is 0. The van der Waals surface area contributed by atoms with Crippen molar-refractivity contribution in [1.82, 2.24) is 10.2 Å². The fourth-order valence-corrected chi connectivity index (χ4v) is 1.57. The number of hydrogen-bond donors (Lipinski definition) is 2. The minimum Gasteiger partial charge on any atom is -0.314 e. The van der Waals surface area contributed by atoms with Gasteiger partial charge in [-0.25, -0.2) is 0 Å². The van der Waals surface area contributed by atoms with Crippen LogP contribution in [0.3, 0.4) is 0 Å². The van der Waals surface area contributed by atoms with Gasteiger partial charge in [-0.1, -0.05) is 6.92 Å². The molecule has 0 radical (unpaired) electrons. The summed E-state index contributed by atoms with van der Waals surface area (Å²) in [5.74, 6) is 0. The molecule has 2 unspecified atom stereocenters. The van der Waals surface area contributed by atoms with Crippen molar-refractivity contribution in [1.29, 1.82) is 0 Å². The largest absolute Gasteiger partial charge is 0.314 e. The number of hydrogen-bond acceptors (Lipinski definition) is 3. The molecule has 66 valence electrons. The molecule has 0 saturated carbocycles. The van der Waals surface area contributed by atoms with Crippen molar-refractivity contribution in [3.63, 3.8) is 0 Å². The van der Waals surface area contributed by atoms with Crippen LogP contribution in [0.15, 0.2) is 0 Å². The second-order valence-electron chi connectivity index (χ2n) is 3.22. The van der Waals surface area contributed by atoms with Crippen molar-refractivity contribution in [2.75, 3.05) is 19.6 Å². The SMILES string of the molecule is CCN1CCCNC(C)C1N. The minimum absolute atomic E-state index is 0.197. The van der Waals surface area contributed by atoms with Gasteiger partial charge in [0.25, 0.3) is 0 Å². The predicted molar refractivity (Wildman–Crippen MR) is 47.3 cm³/mol. The van der Waals surface area contributed by atoms with Gasteiger partial charge in [0, 0.05) is 12.6 Å². The summed E-state index contributed by atoms with van der Waals surface area (Å²) in [6, 6.07) is 0.428. The fourth-order valence-electron chi connectivity index (χ4n) is 1.57. The van der Waals surface area contributed by atoms with Gasteiger partial charge < -0.3 is 11.1 Å². The lowest BCUT2D eigenvalue weighted by Crippen LogP contribution is -2.51. The number of nitrogens with two attached hydrogens (primary N) is 1. The van der Waals surface area contributed by atoms with Crippen molar-refractivity contribution >= 4 is 0 Å². The second-order valence-corrected chi connectivity index (χ2v) is 3.22. The van der Waals surface area contributed by atoms with E-state index in [0.717, 1.165) is 19.6 Å². The summed E-state index contributed by atoms with van der Waals surface area (Å²) in [6.45, 7) is 7.62. The second kappa shape index (κ2) is 4.04. The molecule has 3 N–H and O–H groups in total. The van der Waals surface area contributed by atoms with Gasteiger partial charge in [0.2, 0.25) is 0 Å². The van der Waals surface area contributed by atoms with Gasteiger partial charge in [0.15, 0.2) is 0 Å². The maximum absolute atomic E-state index is 6.00. The highest BCUT2D eigenvalue weighted by molar-refractivity contribution is 4.79. The predicted octanol–water partition coefficient (Wildman–Crippen LogP) is -0.0251. The number of likely N-dealkylation sites (N-methyl/N-ethyl adjacent to an activating group) is 1. The molecule has 3 heteroatoms. The molecule has 1 saturated heterocycles. The Morgan fingerprint density at radius 3 is 3.00 bits per heavy atom. The van der Waals surface area contributed by atoms with E-state index in [1.54, 1.807) is 0 Å². The summed E-state index contributed by atoms with van der Waals surface area (Å²) in [5, 5.41) is 3.39. The molecular weight excluding hydrogens is 138 g/mol. The summed E-state index contributed by atoms with van der Waals surface area (Å²) in [5.41, 5.74) is 6.00. The van der Waals surface area contributed by atoms with E-state index in [9.17, 15) is 0 Å². The van der Waals surface area contributed by atoms with Gasteiger partial charge in [-0.15, -0.1) is 0 Å². The first kappa shape index (κ1) is 8.97. The molecule has 1 aliphatic rings. The zero-order chi connectivity index (χ0) is 8.27. The first-order chi connectivity index (χ1) is 5.25. The first-order valence-corrected chi connectivity index (χ1v) is 4.48. The molecule has 0 amide bonds. The van der Waals surface area contributed by atoms with Crippen LogP contribution < -0.4 is 11.1 Å². The summed E-state index contributed by atoms with van der Waals surface area (Å²) >= 11 is 0. The van der Waals surface area contributed by atoms with Crippen molar-refractivity contribution < 1.29 is 0 Å². The van der Waals surface area contributed by atoms with E-state index in [4.69, 9.17) is 5.73 Å². The maximum Gasteiger partial charge on any atom is 0.0727 e. The van der Waals surface area contributed by atoms with Crippen LogP contribution in [0.2, 0.25) is 0 Å². The molecule has 11 heavy (non-hydrogen) atoms. The lowest BCUT2D eigenvalue weighted by molar-refractivity contribution is 0.197. The van der Waals surface area contributed by atoms with Gasteiger partial charge in [0.1, 0.15) is 0 Å². The van der Waals surface area contributed by atoms with E-state index in [1.807, 2.05) is 0 Å². The third-order valence-corrected chi connectivity index (χ3v) is 2.43.